The highest BCUT2D eigenvalue weighted by atomic mass is 35.5. The quantitative estimate of drug-likeness (QED) is 0.762. The van der Waals surface area contributed by atoms with Crippen molar-refractivity contribution in [2.24, 2.45) is 5.73 Å². The van der Waals surface area contributed by atoms with Crippen molar-refractivity contribution in [3.63, 3.8) is 0 Å². The molecule has 118 valence electrons. The van der Waals surface area contributed by atoms with Gasteiger partial charge in [0.1, 0.15) is 0 Å². The second-order valence-corrected chi connectivity index (χ2v) is 5.11. The second-order valence-electron chi connectivity index (χ2n) is 5.11. The lowest BCUT2D eigenvalue weighted by atomic mass is 9.99. The van der Waals surface area contributed by atoms with Gasteiger partial charge < -0.3 is 15.9 Å². The van der Waals surface area contributed by atoms with Gasteiger partial charge in [-0.2, -0.15) is 0 Å². The number of carbonyl (C=O) groups is 1. The van der Waals surface area contributed by atoms with E-state index in [1.165, 1.54) is 0 Å². The van der Waals surface area contributed by atoms with E-state index in [-0.39, 0.29) is 31.5 Å². The first kappa shape index (κ1) is 18.2. The average molecular weight is 322 g/mol. The van der Waals surface area contributed by atoms with Crippen LogP contribution in [0.2, 0.25) is 0 Å². The van der Waals surface area contributed by atoms with Crippen molar-refractivity contribution in [1.82, 2.24) is 0 Å². The maximum absolute atomic E-state index is 10.8. The number of nitrogens with two attached hydrogens (primary N) is 1. The molecule has 4 N–H and O–H groups in total. The van der Waals surface area contributed by atoms with E-state index in [4.69, 9.17) is 15.9 Å². The molecule has 0 saturated heterocycles. The second kappa shape index (κ2) is 8.54. The Morgan fingerprint density at radius 3 is 2.32 bits per heavy atom. The first-order valence-electron chi connectivity index (χ1n) is 6.85. The number of rotatable bonds is 6. The number of aliphatic carboxylic acids is 1. The molecule has 0 fully saturated rings. The molecule has 0 amide bonds. The molecule has 0 aliphatic rings. The van der Waals surface area contributed by atoms with Crippen LogP contribution in [0.25, 0.3) is 11.1 Å². The molecule has 0 radical (unpaired) electrons. The van der Waals surface area contributed by atoms with E-state index in [1.807, 2.05) is 48.5 Å². The third kappa shape index (κ3) is 5.15. The van der Waals surface area contributed by atoms with E-state index >= 15 is 0 Å². The van der Waals surface area contributed by atoms with Crippen LogP contribution < -0.4 is 5.73 Å². The van der Waals surface area contributed by atoms with Crippen LogP contribution in [0.5, 0.6) is 0 Å². The molecule has 2 rings (SSSR count). The molecule has 4 nitrogen and oxygen atoms in total. The Morgan fingerprint density at radius 1 is 1.05 bits per heavy atom. The number of aliphatic hydroxyl groups excluding tert-OH is 1. The van der Waals surface area contributed by atoms with Crippen molar-refractivity contribution >= 4 is 18.4 Å². The number of benzene rings is 2. The van der Waals surface area contributed by atoms with E-state index in [9.17, 15) is 4.79 Å². The molecule has 22 heavy (non-hydrogen) atoms. The minimum absolute atomic E-state index is 0. The van der Waals surface area contributed by atoms with Crippen molar-refractivity contribution in [1.29, 1.82) is 0 Å². The van der Waals surface area contributed by atoms with Gasteiger partial charge in [0.2, 0.25) is 0 Å². The molecule has 0 saturated carbocycles. The van der Waals surface area contributed by atoms with Crippen LogP contribution in [0.4, 0.5) is 0 Å². The highest BCUT2D eigenvalue weighted by Gasteiger charge is 2.05. The summed E-state index contributed by atoms with van der Waals surface area (Å²) in [4.78, 5) is 10.8. The van der Waals surface area contributed by atoms with E-state index in [0.29, 0.717) is 6.42 Å². The number of carboxylic acid groups (broad SMARTS) is 1. The summed E-state index contributed by atoms with van der Waals surface area (Å²) in [5.41, 5.74) is 9.59. The third-order valence-electron chi connectivity index (χ3n) is 3.30. The minimum Gasteiger partial charge on any atom is -0.481 e. The van der Waals surface area contributed by atoms with E-state index < -0.39 is 5.97 Å². The summed E-state index contributed by atoms with van der Waals surface area (Å²) in [5, 5.41) is 17.8. The van der Waals surface area contributed by atoms with E-state index in [2.05, 4.69) is 0 Å². The smallest absolute Gasteiger partial charge is 0.307 e. The summed E-state index contributed by atoms with van der Waals surface area (Å²) in [6.45, 7) is -0.0288. The van der Waals surface area contributed by atoms with Gasteiger partial charge in [0.25, 0.3) is 0 Å². The van der Waals surface area contributed by atoms with Gasteiger partial charge in [0.05, 0.1) is 13.0 Å². The van der Waals surface area contributed by atoms with Gasteiger partial charge in [0, 0.05) is 6.04 Å². The Bertz CT molecular complexity index is 614. The molecular weight excluding hydrogens is 302 g/mol. The fourth-order valence-corrected chi connectivity index (χ4v) is 2.24. The van der Waals surface area contributed by atoms with Crippen LogP contribution in [-0.4, -0.2) is 28.8 Å². The first-order chi connectivity index (χ1) is 10.1. The van der Waals surface area contributed by atoms with Gasteiger partial charge in [-0.3, -0.25) is 4.79 Å². The van der Waals surface area contributed by atoms with Crippen molar-refractivity contribution in [3.05, 3.63) is 59.7 Å². The summed E-state index contributed by atoms with van der Waals surface area (Å²) in [5.74, 6) is -0.833. The zero-order chi connectivity index (χ0) is 15.2. The van der Waals surface area contributed by atoms with Gasteiger partial charge >= 0.3 is 5.97 Å². The van der Waals surface area contributed by atoms with Gasteiger partial charge in [-0.05, 0) is 28.7 Å². The summed E-state index contributed by atoms with van der Waals surface area (Å²) in [6, 6.07) is 15.2. The van der Waals surface area contributed by atoms with Crippen molar-refractivity contribution in [2.75, 3.05) is 6.61 Å². The van der Waals surface area contributed by atoms with Gasteiger partial charge in [0.15, 0.2) is 0 Å². The maximum atomic E-state index is 10.8. The number of aliphatic hydroxyl groups is 1. The van der Waals surface area contributed by atoms with Crippen LogP contribution in [0.15, 0.2) is 48.5 Å². The SMILES string of the molecule is Cl.NC(CO)Cc1ccc(-c2cccc(CC(=O)O)c2)cc1. The summed E-state index contributed by atoms with van der Waals surface area (Å²) in [7, 11) is 0. The fraction of sp³-hybridized carbons (Fsp3) is 0.235. The predicted octanol–water partition coefficient (Wildman–Crippen LogP) is 2.26. The standard InChI is InChI=1S/C17H19NO3.ClH/c18-16(11-19)9-12-4-6-14(7-5-12)15-3-1-2-13(8-15)10-17(20)21;/h1-8,16,19H,9-11,18H2,(H,20,21);1H. The maximum Gasteiger partial charge on any atom is 0.307 e. The third-order valence-corrected chi connectivity index (χ3v) is 3.30. The van der Waals surface area contributed by atoms with Gasteiger partial charge in [-0.25, -0.2) is 0 Å². The average Bonchev–Trinajstić information content (AvgIpc) is 2.47. The molecule has 0 spiro atoms. The lowest BCUT2D eigenvalue weighted by Crippen LogP contribution is -2.26. The Kier molecular flexibility index (Phi) is 7.05. The van der Waals surface area contributed by atoms with Crippen LogP contribution in [0.1, 0.15) is 11.1 Å². The Morgan fingerprint density at radius 2 is 1.73 bits per heavy atom. The molecule has 0 aromatic heterocycles. The molecule has 1 atom stereocenters. The lowest BCUT2D eigenvalue weighted by molar-refractivity contribution is -0.136. The highest BCUT2D eigenvalue weighted by molar-refractivity contribution is 5.85. The van der Waals surface area contributed by atoms with Crippen LogP contribution in [0, 0.1) is 0 Å². The molecule has 0 aliphatic heterocycles. The lowest BCUT2D eigenvalue weighted by Gasteiger charge is -2.09. The van der Waals surface area contributed by atoms with Gasteiger partial charge in [-0.1, -0.05) is 48.5 Å². The van der Waals surface area contributed by atoms with Crippen molar-refractivity contribution < 1.29 is 15.0 Å². The zero-order valence-electron chi connectivity index (χ0n) is 12.1. The Balaban J connectivity index is 0.00000242. The molecule has 0 bridgehead atoms. The number of halogens is 1. The van der Waals surface area contributed by atoms with Gasteiger partial charge in [-0.15, -0.1) is 12.4 Å². The van der Waals surface area contributed by atoms with Crippen LogP contribution >= 0.6 is 12.4 Å². The topological polar surface area (TPSA) is 83.5 Å². The number of hydrogen-bond acceptors (Lipinski definition) is 3. The molecule has 0 aliphatic carbocycles. The van der Waals surface area contributed by atoms with E-state index in [1.54, 1.807) is 0 Å². The monoisotopic (exact) mass is 321 g/mol. The molecule has 1 unspecified atom stereocenters. The summed E-state index contributed by atoms with van der Waals surface area (Å²) < 4.78 is 0. The van der Waals surface area contributed by atoms with Crippen molar-refractivity contribution in [3.8, 4) is 11.1 Å². The molecule has 5 heteroatoms. The fourth-order valence-electron chi connectivity index (χ4n) is 2.24. The molecular formula is C17H20ClNO3. The van der Waals surface area contributed by atoms with Crippen molar-refractivity contribution in [2.45, 2.75) is 18.9 Å². The molecule has 2 aromatic rings. The summed E-state index contributed by atoms with van der Waals surface area (Å²) >= 11 is 0. The first-order valence-corrected chi connectivity index (χ1v) is 6.85. The Labute approximate surface area is 136 Å². The zero-order valence-corrected chi connectivity index (χ0v) is 12.9. The van der Waals surface area contributed by atoms with E-state index in [0.717, 1.165) is 22.3 Å². The normalized spacial score (nSPS) is 11.5. The summed E-state index contributed by atoms with van der Waals surface area (Å²) in [6.07, 6.45) is 0.660. The predicted molar refractivity (Wildman–Crippen MR) is 89.2 cm³/mol. The van der Waals surface area contributed by atoms with Crippen LogP contribution in [0.3, 0.4) is 0 Å². The highest BCUT2D eigenvalue weighted by Crippen LogP contribution is 2.21. The number of hydrogen-bond donors (Lipinski definition) is 3. The number of carboxylic acids is 1. The molecule has 0 heterocycles. The van der Waals surface area contributed by atoms with Crippen LogP contribution in [-0.2, 0) is 17.6 Å². The Hall–Kier alpha value is -1.88. The molecule has 2 aromatic carbocycles. The largest absolute Gasteiger partial charge is 0.481 e. The minimum atomic E-state index is -0.833.